The molecule has 1 N–H and O–H groups in total. The van der Waals surface area contributed by atoms with Crippen LogP contribution in [0.3, 0.4) is 0 Å². The third-order valence-electron chi connectivity index (χ3n) is 3.07. The van der Waals surface area contributed by atoms with E-state index < -0.39 is 21.5 Å². The average Bonchev–Trinajstić information content (AvgIpc) is 2.88. The van der Waals surface area contributed by atoms with Crippen molar-refractivity contribution in [3.05, 3.63) is 28.2 Å². The molecular formula is C15H20BrNO5S. The van der Waals surface area contributed by atoms with Crippen molar-refractivity contribution in [2.45, 2.75) is 43.7 Å². The molecule has 1 fully saturated rings. The molecule has 1 aromatic rings. The number of halogens is 1. The van der Waals surface area contributed by atoms with Crippen molar-refractivity contribution in [1.82, 2.24) is 4.72 Å². The lowest BCUT2D eigenvalue weighted by Crippen LogP contribution is -2.40. The quantitative estimate of drug-likeness (QED) is 0.777. The molecule has 0 spiro atoms. The molecule has 0 amide bonds. The van der Waals surface area contributed by atoms with Crippen molar-refractivity contribution in [1.29, 1.82) is 0 Å². The molecular weight excluding hydrogens is 386 g/mol. The highest BCUT2D eigenvalue weighted by atomic mass is 79.9. The second-order valence-electron chi connectivity index (χ2n) is 6.39. The van der Waals surface area contributed by atoms with E-state index in [2.05, 4.69) is 20.7 Å². The summed E-state index contributed by atoms with van der Waals surface area (Å²) in [6.45, 7) is 6.17. The topological polar surface area (TPSA) is 81.7 Å². The Bertz CT molecular complexity index is 690. The maximum atomic E-state index is 12.4. The van der Waals surface area contributed by atoms with Crippen LogP contribution >= 0.6 is 15.9 Å². The molecule has 8 heteroatoms. The molecule has 1 aliphatic heterocycles. The number of carbonyl (C=O) groups excluding carboxylic acids is 1. The lowest BCUT2D eigenvalue weighted by molar-refractivity contribution is 0.0269. The van der Waals surface area contributed by atoms with Gasteiger partial charge in [-0.1, -0.05) is 0 Å². The summed E-state index contributed by atoms with van der Waals surface area (Å²) in [6.07, 6.45) is 0.356. The number of ether oxygens (including phenoxy) is 2. The van der Waals surface area contributed by atoms with Crippen LogP contribution in [0.25, 0.3) is 0 Å². The first-order chi connectivity index (χ1) is 10.6. The number of rotatable bonds is 4. The molecule has 1 atom stereocenters. The highest BCUT2D eigenvalue weighted by Gasteiger charge is 2.26. The second-order valence-corrected chi connectivity index (χ2v) is 8.92. The van der Waals surface area contributed by atoms with Crippen molar-refractivity contribution >= 4 is 31.9 Å². The molecule has 6 nitrogen and oxygen atoms in total. The van der Waals surface area contributed by atoms with Gasteiger partial charge in [0.2, 0.25) is 10.0 Å². The van der Waals surface area contributed by atoms with Gasteiger partial charge in [-0.15, -0.1) is 0 Å². The Kier molecular flexibility index (Phi) is 5.50. The fourth-order valence-electron chi connectivity index (χ4n) is 2.11. The Labute approximate surface area is 144 Å². The van der Waals surface area contributed by atoms with E-state index in [4.69, 9.17) is 9.47 Å². The Morgan fingerprint density at radius 1 is 1.39 bits per heavy atom. The molecule has 0 unspecified atom stereocenters. The second kappa shape index (κ2) is 6.88. The van der Waals surface area contributed by atoms with Crippen LogP contribution in [0.15, 0.2) is 27.6 Å². The first-order valence-corrected chi connectivity index (χ1v) is 9.48. The number of carbonyl (C=O) groups is 1. The van der Waals surface area contributed by atoms with E-state index in [1.807, 2.05) is 0 Å². The summed E-state index contributed by atoms with van der Waals surface area (Å²) in [5, 5.41) is 0. The van der Waals surface area contributed by atoms with Crippen molar-refractivity contribution in [2.24, 2.45) is 0 Å². The van der Waals surface area contributed by atoms with Crippen LogP contribution in [0, 0.1) is 0 Å². The summed E-state index contributed by atoms with van der Waals surface area (Å²) >= 11 is 3.26. The molecule has 1 aliphatic rings. The molecule has 0 aromatic heterocycles. The third kappa shape index (κ3) is 5.00. The molecule has 0 aliphatic carbocycles. The van der Waals surface area contributed by atoms with E-state index in [0.717, 1.165) is 0 Å². The minimum absolute atomic E-state index is 0.0187. The van der Waals surface area contributed by atoms with Crippen LogP contribution in [0.4, 0.5) is 0 Å². The van der Waals surface area contributed by atoms with Crippen LogP contribution in [0.2, 0.25) is 0 Å². The molecule has 23 heavy (non-hydrogen) atoms. The molecule has 0 saturated carbocycles. The smallest absolute Gasteiger partial charge is 0.339 e. The zero-order valence-corrected chi connectivity index (χ0v) is 15.7. The van der Waals surface area contributed by atoms with E-state index in [0.29, 0.717) is 24.1 Å². The zero-order chi connectivity index (χ0) is 17.3. The van der Waals surface area contributed by atoms with Crippen LogP contribution in [-0.2, 0) is 19.5 Å². The van der Waals surface area contributed by atoms with Crippen molar-refractivity contribution in [2.75, 3.05) is 13.2 Å². The Hall–Kier alpha value is -0.960. The first kappa shape index (κ1) is 18.4. The minimum atomic E-state index is -3.72. The standard InChI is InChI=1S/C15H20BrNO5S/c1-15(2,3)17-23(19,20)11-4-5-13(16)12(8-11)14(18)22-10-6-7-21-9-10/h4-5,8,10,17H,6-7,9H2,1-3H3/t10-/m1/s1. The van der Waals surface area contributed by atoms with Gasteiger partial charge in [-0.2, -0.15) is 0 Å². The molecule has 128 valence electrons. The van der Waals surface area contributed by atoms with Gasteiger partial charge in [0.05, 0.1) is 23.7 Å². The molecule has 1 aromatic carbocycles. The Morgan fingerprint density at radius 3 is 2.65 bits per heavy atom. The van der Waals surface area contributed by atoms with Crippen LogP contribution in [-0.4, -0.2) is 39.2 Å². The fraction of sp³-hybridized carbons (Fsp3) is 0.533. The van der Waals surface area contributed by atoms with Gasteiger partial charge in [-0.25, -0.2) is 17.9 Å². The maximum absolute atomic E-state index is 12.4. The summed E-state index contributed by atoms with van der Waals surface area (Å²) in [5.41, 5.74) is -0.443. The summed E-state index contributed by atoms with van der Waals surface area (Å²) in [4.78, 5) is 12.3. The van der Waals surface area contributed by atoms with Gasteiger partial charge in [-0.3, -0.25) is 0 Å². The normalized spacial score (nSPS) is 18.9. The number of nitrogens with one attached hydrogen (secondary N) is 1. The van der Waals surface area contributed by atoms with Gasteiger partial charge in [0.15, 0.2) is 0 Å². The predicted molar refractivity (Wildman–Crippen MR) is 88.9 cm³/mol. The number of hydrogen-bond acceptors (Lipinski definition) is 5. The van der Waals surface area contributed by atoms with Gasteiger partial charge in [0, 0.05) is 16.4 Å². The van der Waals surface area contributed by atoms with E-state index in [9.17, 15) is 13.2 Å². The van der Waals surface area contributed by atoms with Gasteiger partial charge >= 0.3 is 5.97 Å². The molecule has 0 radical (unpaired) electrons. The van der Waals surface area contributed by atoms with Crippen molar-refractivity contribution in [3.8, 4) is 0 Å². The fourth-order valence-corrected chi connectivity index (χ4v) is 3.96. The van der Waals surface area contributed by atoms with E-state index >= 15 is 0 Å². The lowest BCUT2D eigenvalue weighted by Gasteiger charge is -2.20. The van der Waals surface area contributed by atoms with E-state index in [-0.39, 0.29) is 16.6 Å². The minimum Gasteiger partial charge on any atom is -0.456 e. The van der Waals surface area contributed by atoms with Crippen LogP contribution in [0.1, 0.15) is 37.6 Å². The number of sulfonamides is 1. The van der Waals surface area contributed by atoms with Gasteiger partial charge < -0.3 is 9.47 Å². The molecule has 0 bridgehead atoms. The summed E-state index contributed by atoms with van der Waals surface area (Å²) in [5.74, 6) is -0.569. The van der Waals surface area contributed by atoms with E-state index in [1.165, 1.54) is 18.2 Å². The summed E-state index contributed by atoms with van der Waals surface area (Å²) in [7, 11) is -3.72. The Morgan fingerprint density at radius 2 is 2.09 bits per heavy atom. The van der Waals surface area contributed by atoms with Crippen LogP contribution in [0.5, 0.6) is 0 Å². The highest BCUT2D eigenvalue weighted by Crippen LogP contribution is 2.24. The van der Waals surface area contributed by atoms with Crippen LogP contribution < -0.4 is 4.72 Å². The number of hydrogen-bond donors (Lipinski definition) is 1. The third-order valence-corrected chi connectivity index (χ3v) is 5.52. The number of benzene rings is 1. The van der Waals surface area contributed by atoms with Gasteiger partial charge in [0.25, 0.3) is 0 Å². The van der Waals surface area contributed by atoms with E-state index in [1.54, 1.807) is 20.8 Å². The van der Waals surface area contributed by atoms with Crippen molar-refractivity contribution in [3.63, 3.8) is 0 Å². The highest BCUT2D eigenvalue weighted by molar-refractivity contribution is 9.10. The monoisotopic (exact) mass is 405 g/mol. The summed E-state index contributed by atoms with van der Waals surface area (Å²) in [6, 6.07) is 4.28. The molecule has 1 heterocycles. The lowest BCUT2D eigenvalue weighted by atomic mass is 10.1. The predicted octanol–water partition coefficient (Wildman–Crippen LogP) is 2.47. The average molecular weight is 406 g/mol. The molecule has 1 saturated heterocycles. The summed E-state index contributed by atoms with van der Waals surface area (Å²) < 4.78 is 38.3. The maximum Gasteiger partial charge on any atom is 0.339 e. The van der Waals surface area contributed by atoms with Gasteiger partial charge in [-0.05, 0) is 54.9 Å². The largest absolute Gasteiger partial charge is 0.456 e. The first-order valence-electron chi connectivity index (χ1n) is 7.21. The zero-order valence-electron chi connectivity index (χ0n) is 13.3. The molecule has 2 rings (SSSR count). The van der Waals surface area contributed by atoms with Crippen molar-refractivity contribution < 1.29 is 22.7 Å². The van der Waals surface area contributed by atoms with Gasteiger partial charge in [0.1, 0.15) is 6.10 Å². The Balaban J connectivity index is 2.26. The SMILES string of the molecule is CC(C)(C)NS(=O)(=O)c1ccc(Br)c(C(=O)O[C@@H]2CCOC2)c1. The number of esters is 1.